The van der Waals surface area contributed by atoms with Crippen LogP contribution in [0.25, 0.3) is 12.2 Å². The number of methoxy groups -OCH3 is 1. The summed E-state index contributed by atoms with van der Waals surface area (Å²) in [5.41, 5.74) is 6.96. The second kappa shape index (κ2) is 13.3. The van der Waals surface area contributed by atoms with Crippen LogP contribution in [0.3, 0.4) is 0 Å². The maximum Gasteiger partial charge on any atom is 0.229 e. The van der Waals surface area contributed by atoms with Crippen molar-refractivity contribution in [2.75, 3.05) is 29.6 Å². The van der Waals surface area contributed by atoms with E-state index < -0.39 is 0 Å². The first kappa shape index (κ1) is 27.4. The van der Waals surface area contributed by atoms with Gasteiger partial charge in [-0.3, -0.25) is 0 Å². The lowest BCUT2D eigenvalue weighted by Gasteiger charge is -2.17. The second-order valence-corrected chi connectivity index (χ2v) is 8.91. The summed E-state index contributed by atoms with van der Waals surface area (Å²) >= 11 is 0. The second-order valence-electron chi connectivity index (χ2n) is 8.91. The quantitative estimate of drug-likeness (QED) is 0.187. The zero-order chi connectivity index (χ0) is 28.3. The highest BCUT2D eigenvalue weighted by atomic mass is 16.5. The Hall–Kier alpha value is -5.60. The molecule has 0 fully saturated rings. The number of hydrogen-bond acceptors (Lipinski definition) is 8. The van der Waals surface area contributed by atoms with E-state index in [9.17, 15) is 0 Å². The van der Waals surface area contributed by atoms with Crippen molar-refractivity contribution in [3.63, 3.8) is 0 Å². The number of rotatable bonds is 10. The molecule has 0 aliphatic heterocycles. The molecule has 0 radical (unpaired) electrons. The van der Waals surface area contributed by atoms with Crippen molar-refractivity contribution in [2.24, 2.45) is 0 Å². The van der Waals surface area contributed by atoms with Gasteiger partial charge in [-0.05, 0) is 79.1 Å². The molecule has 3 N–H and O–H groups in total. The lowest BCUT2D eigenvalue weighted by Crippen LogP contribution is -2.08. The number of hydrogen-bond donors (Lipinski definition) is 3. The Bertz CT molecular complexity index is 1600. The van der Waals surface area contributed by atoms with Crippen LogP contribution in [-0.4, -0.2) is 23.6 Å². The van der Waals surface area contributed by atoms with Gasteiger partial charge in [-0.2, -0.15) is 15.5 Å². The van der Waals surface area contributed by atoms with Gasteiger partial charge in [0.15, 0.2) is 5.82 Å². The van der Waals surface area contributed by atoms with Crippen molar-refractivity contribution in [1.82, 2.24) is 9.97 Å². The fourth-order valence-corrected chi connectivity index (χ4v) is 4.13. The molecule has 1 aromatic heterocycles. The molecule has 8 nitrogen and oxygen atoms in total. The monoisotopic (exact) mass is 527 g/mol. The van der Waals surface area contributed by atoms with E-state index >= 15 is 0 Å². The van der Waals surface area contributed by atoms with Gasteiger partial charge >= 0.3 is 0 Å². The standard InChI is InChI=1S/C32H29N7O/c1-22-18-25(8-6-16-33)19-23(2)30(22)38-31-28(35-17-7-10-26-9-4-5-11-29(26)40-3)21-36-32(39-31)37-27-14-12-24(20-34)13-15-27/h4-15,18-19,21,35H,17H2,1-3H3,(H2,36,37,38,39)/b8-6+,10-7+. The normalized spacial score (nSPS) is 10.7. The Morgan fingerprint density at radius 3 is 2.40 bits per heavy atom. The molecule has 8 heteroatoms. The predicted octanol–water partition coefficient (Wildman–Crippen LogP) is 7.12. The molecule has 4 aromatic rings. The number of nitrogens with one attached hydrogen (secondary N) is 3. The van der Waals surface area contributed by atoms with E-state index in [1.54, 1.807) is 31.5 Å². The Kier molecular flexibility index (Phi) is 9.10. The van der Waals surface area contributed by atoms with Crippen LogP contribution in [0.4, 0.5) is 28.8 Å². The van der Waals surface area contributed by atoms with E-state index in [0.29, 0.717) is 23.9 Å². The molecule has 0 saturated carbocycles. The first-order chi connectivity index (χ1) is 19.5. The van der Waals surface area contributed by atoms with Crippen LogP contribution >= 0.6 is 0 Å². The van der Waals surface area contributed by atoms with Crippen LogP contribution in [0.5, 0.6) is 5.75 Å². The lowest BCUT2D eigenvalue weighted by molar-refractivity contribution is 0.414. The highest BCUT2D eigenvalue weighted by Crippen LogP contribution is 2.30. The first-order valence-electron chi connectivity index (χ1n) is 12.6. The fraction of sp³-hybridized carbons (Fsp3) is 0.125. The molecule has 0 unspecified atom stereocenters. The van der Waals surface area contributed by atoms with Gasteiger partial charge in [-0.15, -0.1) is 0 Å². The fourth-order valence-electron chi connectivity index (χ4n) is 4.13. The van der Waals surface area contributed by atoms with Crippen molar-refractivity contribution < 1.29 is 4.74 Å². The van der Waals surface area contributed by atoms with Gasteiger partial charge in [0.25, 0.3) is 0 Å². The minimum absolute atomic E-state index is 0.409. The average Bonchev–Trinajstić information content (AvgIpc) is 2.97. The van der Waals surface area contributed by atoms with E-state index in [1.807, 2.05) is 80.6 Å². The number of aryl methyl sites for hydroxylation is 2. The van der Waals surface area contributed by atoms with Crippen molar-refractivity contribution in [3.8, 4) is 17.9 Å². The molecule has 0 aliphatic carbocycles. The molecule has 0 atom stereocenters. The summed E-state index contributed by atoms with van der Waals surface area (Å²) < 4.78 is 5.43. The topological polar surface area (TPSA) is 119 Å². The van der Waals surface area contributed by atoms with Crippen molar-refractivity contribution in [2.45, 2.75) is 13.8 Å². The Morgan fingerprint density at radius 2 is 1.70 bits per heavy atom. The van der Waals surface area contributed by atoms with E-state index in [4.69, 9.17) is 20.2 Å². The van der Waals surface area contributed by atoms with Gasteiger partial charge in [-0.1, -0.05) is 30.4 Å². The van der Waals surface area contributed by atoms with Gasteiger partial charge in [0.2, 0.25) is 5.95 Å². The van der Waals surface area contributed by atoms with E-state index in [-0.39, 0.29) is 0 Å². The molecule has 198 valence electrons. The number of benzene rings is 3. The van der Waals surface area contributed by atoms with Crippen molar-refractivity contribution >= 4 is 41.0 Å². The van der Waals surface area contributed by atoms with Crippen LogP contribution < -0.4 is 20.7 Å². The maximum atomic E-state index is 9.07. The molecule has 0 spiro atoms. The number of nitrogens with zero attached hydrogens (tertiary/aromatic N) is 4. The lowest BCUT2D eigenvalue weighted by atomic mass is 10.0. The van der Waals surface area contributed by atoms with Crippen LogP contribution in [0, 0.1) is 36.5 Å². The van der Waals surface area contributed by atoms with Crippen molar-refractivity contribution in [1.29, 1.82) is 10.5 Å². The molecule has 3 aromatic carbocycles. The summed E-state index contributed by atoms with van der Waals surface area (Å²) in [6.45, 7) is 4.56. The summed E-state index contributed by atoms with van der Waals surface area (Å²) in [6, 6.07) is 23.1. The largest absolute Gasteiger partial charge is 0.496 e. The minimum Gasteiger partial charge on any atom is -0.496 e. The summed E-state index contributed by atoms with van der Waals surface area (Å²) in [6.07, 6.45) is 9.00. The molecule has 0 bridgehead atoms. The molecule has 0 aliphatic rings. The summed E-state index contributed by atoms with van der Waals surface area (Å²) in [5, 5.41) is 28.0. The van der Waals surface area contributed by atoms with E-state index in [2.05, 4.69) is 27.0 Å². The number of nitriles is 2. The molecule has 4 rings (SSSR count). The summed E-state index contributed by atoms with van der Waals surface area (Å²) in [7, 11) is 1.66. The Balaban J connectivity index is 1.61. The number of anilines is 5. The van der Waals surface area contributed by atoms with Gasteiger partial charge in [0.1, 0.15) is 5.75 Å². The smallest absolute Gasteiger partial charge is 0.229 e. The molecule has 1 heterocycles. The Morgan fingerprint density at radius 1 is 0.950 bits per heavy atom. The zero-order valence-corrected chi connectivity index (χ0v) is 22.6. The first-order valence-corrected chi connectivity index (χ1v) is 12.6. The third kappa shape index (κ3) is 7.03. The molecule has 40 heavy (non-hydrogen) atoms. The van der Waals surface area contributed by atoms with Crippen LogP contribution in [0.2, 0.25) is 0 Å². The minimum atomic E-state index is 0.409. The molecular formula is C32H29N7O. The van der Waals surface area contributed by atoms with Crippen LogP contribution in [0.15, 0.2) is 79.0 Å². The number of para-hydroxylation sites is 1. The third-order valence-electron chi connectivity index (χ3n) is 6.05. The highest BCUT2D eigenvalue weighted by molar-refractivity contribution is 5.76. The number of aromatic nitrogens is 2. The van der Waals surface area contributed by atoms with E-state index in [0.717, 1.165) is 45.1 Å². The summed E-state index contributed by atoms with van der Waals surface area (Å²) in [5.74, 6) is 1.82. The Labute approximate surface area is 234 Å². The molecule has 0 amide bonds. The van der Waals surface area contributed by atoms with Gasteiger partial charge in [0.05, 0.1) is 36.7 Å². The van der Waals surface area contributed by atoms with Crippen LogP contribution in [-0.2, 0) is 0 Å². The molecular weight excluding hydrogens is 498 g/mol. The third-order valence-corrected chi connectivity index (χ3v) is 6.05. The van der Waals surface area contributed by atoms with Gasteiger partial charge in [0, 0.05) is 29.6 Å². The van der Waals surface area contributed by atoms with Gasteiger partial charge < -0.3 is 20.7 Å². The predicted molar refractivity (Wildman–Crippen MR) is 161 cm³/mol. The zero-order valence-electron chi connectivity index (χ0n) is 22.6. The maximum absolute atomic E-state index is 9.07. The van der Waals surface area contributed by atoms with Gasteiger partial charge in [-0.25, -0.2) is 4.98 Å². The van der Waals surface area contributed by atoms with Crippen LogP contribution in [0.1, 0.15) is 27.8 Å². The van der Waals surface area contributed by atoms with E-state index in [1.165, 1.54) is 6.08 Å². The SMILES string of the molecule is COc1ccccc1/C=C/CNc1cnc(Nc2ccc(C#N)cc2)nc1Nc1c(C)cc(/C=C/C#N)cc1C. The molecule has 0 saturated heterocycles. The van der Waals surface area contributed by atoms with Crippen molar-refractivity contribution in [3.05, 3.63) is 107 Å². The summed E-state index contributed by atoms with van der Waals surface area (Å²) in [4.78, 5) is 9.26. The number of ether oxygens (including phenoxy) is 1. The highest BCUT2D eigenvalue weighted by Gasteiger charge is 2.12. The number of allylic oxidation sites excluding steroid dienone is 1. The average molecular weight is 528 g/mol.